The van der Waals surface area contributed by atoms with Crippen molar-refractivity contribution in [3.8, 4) is 0 Å². The van der Waals surface area contributed by atoms with Gasteiger partial charge in [0.15, 0.2) is 0 Å². The molecule has 1 aromatic rings. The summed E-state index contributed by atoms with van der Waals surface area (Å²) in [6, 6.07) is 4.45. The van der Waals surface area contributed by atoms with Gasteiger partial charge in [-0.2, -0.15) is 0 Å². The van der Waals surface area contributed by atoms with Crippen LogP contribution in [-0.2, 0) is 9.53 Å². The van der Waals surface area contributed by atoms with Gasteiger partial charge in [-0.25, -0.2) is 0 Å². The lowest BCUT2D eigenvalue weighted by molar-refractivity contribution is -0.145. The Morgan fingerprint density at radius 2 is 2.39 bits per heavy atom. The van der Waals surface area contributed by atoms with Gasteiger partial charge in [0.1, 0.15) is 5.25 Å². The van der Waals surface area contributed by atoms with Gasteiger partial charge in [0.2, 0.25) is 5.91 Å². The van der Waals surface area contributed by atoms with E-state index in [1.807, 2.05) is 18.1 Å². The van der Waals surface area contributed by atoms with Gasteiger partial charge in [-0.15, -0.1) is 23.1 Å². The number of nitrogens with zero attached hydrogens (tertiary/aromatic N) is 1. The second-order valence-electron chi connectivity index (χ2n) is 4.20. The number of thiophene rings is 1. The summed E-state index contributed by atoms with van der Waals surface area (Å²) in [5.74, 6) is 0.275. The Morgan fingerprint density at radius 1 is 1.56 bits per heavy atom. The van der Waals surface area contributed by atoms with E-state index >= 15 is 0 Å². The number of hydrogen-bond donors (Lipinski definition) is 0. The molecular weight excluding hydrogens is 266 g/mol. The molecule has 1 fully saturated rings. The van der Waals surface area contributed by atoms with Crippen molar-refractivity contribution in [2.75, 3.05) is 26.0 Å². The average Bonchev–Trinajstić information content (AvgIpc) is 2.88. The molecule has 2 rings (SSSR count). The number of thioether (sulfide) groups is 1. The zero-order chi connectivity index (χ0) is 13.0. The van der Waals surface area contributed by atoms with Crippen molar-refractivity contribution >= 4 is 29.0 Å². The molecule has 0 spiro atoms. The molecule has 18 heavy (non-hydrogen) atoms. The van der Waals surface area contributed by atoms with Crippen LogP contribution in [0.25, 0.3) is 0 Å². The first-order valence-electron chi connectivity index (χ1n) is 6.24. The molecule has 5 heteroatoms. The van der Waals surface area contributed by atoms with Crippen LogP contribution in [0.15, 0.2) is 17.5 Å². The first kappa shape index (κ1) is 13.9. The zero-order valence-corrected chi connectivity index (χ0v) is 12.4. The second-order valence-corrected chi connectivity index (χ2v) is 6.16. The number of carbonyl (C=O) groups is 1. The van der Waals surface area contributed by atoms with Crippen molar-refractivity contribution in [1.29, 1.82) is 0 Å². The molecule has 0 saturated carbocycles. The molecule has 1 aromatic heterocycles. The second kappa shape index (κ2) is 6.59. The molecule has 1 aliphatic heterocycles. The number of carbonyl (C=O) groups excluding carboxylic acids is 1. The van der Waals surface area contributed by atoms with Gasteiger partial charge in [0.25, 0.3) is 0 Å². The van der Waals surface area contributed by atoms with Gasteiger partial charge in [-0.1, -0.05) is 6.07 Å². The smallest absolute Gasteiger partial charge is 0.238 e. The van der Waals surface area contributed by atoms with Crippen LogP contribution in [0, 0.1) is 0 Å². The SMILES string of the molecule is CCOCCCN1C(=O)[C@@H](SC)[C@H]1c1cccs1. The van der Waals surface area contributed by atoms with Crippen LogP contribution in [0.2, 0.25) is 0 Å². The molecule has 100 valence electrons. The minimum absolute atomic E-state index is 0.107. The van der Waals surface area contributed by atoms with Crippen LogP contribution in [-0.4, -0.2) is 42.1 Å². The minimum atomic E-state index is 0.107. The summed E-state index contributed by atoms with van der Waals surface area (Å²) in [7, 11) is 0. The van der Waals surface area contributed by atoms with Crippen LogP contribution < -0.4 is 0 Å². The Bertz CT molecular complexity index is 380. The average molecular weight is 285 g/mol. The quantitative estimate of drug-likeness (QED) is 0.570. The van der Waals surface area contributed by atoms with E-state index in [2.05, 4.69) is 17.5 Å². The highest BCUT2D eigenvalue weighted by atomic mass is 32.2. The molecule has 2 heterocycles. The van der Waals surface area contributed by atoms with E-state index < -0.39 is 0 Å². The number of ether oxygens (including phenoxy) is 1. The van der Waals surface area contributed by atoms with Crippen LogP contribution >= 0.6 is 23.1 Å². The monoisotopic (exact) mass is 285 g/mol. The summed E-state index contributed by atoms with van der Waals surface area (Å²) in [4.78, 5) is 15.3. The summed E-state index contributed by atoms with van der Waals surface area (Å²) < 4.78 is 5.33. The third-order valence-corrected chi connectivity index (χ3v) is 5.04. The summed E-state index contributed by atoms with van der Waals surface area (Å²) in [6.07, 6.45) is 2.93. The van der Waals surface area contributed by atoms with E-state index in [1.54, 1.807) is 23.1 Å². The van der Waals surface area contributed by atoms with E-state index in [-0.39, 0.29) is 17.2 Å². The molecular formula is C13H19NO2S2. The van der Waals surface area contributed by atoms with Crippen LogP contribution in [0.5, 0.6) is 0 Å². The third kappa shape index (κ3) is 2.73. The number of amides is 1. The maximum absolute atomic E-state index is 12.0. The Balaban J connectivity index is 1.94. The summed E-state index contributed by atoms with van der Waals surface area (Å²) in [5, 5.41) is 2.18. The van der Waals surface area contributed by atoms with Crippen LogP contribution in [0.3, 0.4) is 0 Å². The van der Waals surface area contributed by atoms with Crippen molar-refractivity contribution in [1.82, 2.24) is 4.90 Å². The predicted octanol–water partition coefficient (Wildman–Crippen LogP) is 2.79. The number of β-lactam (4-membered cyclic amide) rings is 1. The van der Waals surface area contributed by atoms with Gasteiger partial charge >= 0.3 is 0 Å². The van der Waals surface area contributed by atoms with E-state index in [4.69, 9.17) is 4.74 Å². The third-order valence-electron chi connectivity index (χ3n) is 3.13. The molecule has 0 aromatic carbocycles. The lowest BCUT2D eigenvalue weighted by atomic mass is 9.99. The predicted molar refractivity (Wildman–Crippen MR) is 77.2 cm³/mol. The van der Waals surface area contributed by atoms with Gasteiger partial charge in [-0.3, -0.25) is 4.79 Å². The Hall–Kier alpha value is -0.520. The normalized spacial score (nSPS) is 23.2. The fraction of sp³-hybridized carbons (Fsp3) is 0.615. The fourth-order valence-corrected chi connectivity index (χ4v) is 4.09. The number of rotatable bonds is 7. The van der Waals surface area contributed by atoms with Crippen molar-refractivity contribution < 1.29 is 9.53 Å². The molecule has 0 aliphatic carbocycles. The van der Waals surface area contributed by atoms with E-state index in [9.17, 15) is 4.79 Å². The summed E-state index contributed by atoms with van der Waals surface area (Å²) in [6.45, 7) is 4.28. The standard InChI is InChI=1S/C13H19NO2S2/c1-3-16-8-5-7-14-11(10-6-4-9-18-10)12(17-2)13(14)15/h4,6,9,11-12H,3,5,7-8H2,1-2H3/t11-,12+/m1/s1. The van der Waals surface area contributed by atoms with E-state index in [1.165, 1.54) is 4.88 Å². The maximum atomic E-state index is 12.0. The maximum Gasteiger partial charge on any atom is 0.238 e. The molecule has 1 amide bonds. The van der Waals surface area contributed by atoms with Crippen LogP contribution in [0.1, 0.15) is 24.3 Å². The number of likely N-dealkylation sites (tertiary alicyclic amines) is 1. The summed E-state index contributed by atoms with van der Waals surface area (Å²) >= 11 is 3.39. The highest BCUT2D eigenvalue weighted by Gasteiger charge is 2.47. The van der Waals surface area contributed by atoms with Gasteiger partial charge in [0, 0.05) is 24.6 Å². The molecule has 1 saturated heterocycles. The van der Waals surface area contributed by atoms with Crippen molar-refractivity contribution in [3.63, 3.8) is 0 Å². The van der Waals surface area contributed by atoms with Crippen molar-refractivity contribution in [2.24, 2.45) is 0 Å². The van der Waals surface area contributed by atoms with Crippen molar-refractivity contribution in [3.05, 3.63) is 22.4 Å². The first-order chi connectivity index (χ1) is 8.79. The molecule has 3 nitrogen and oxygen atoms in total. The summed E-state index contributed by atoms with van der Waals surface area (Å²) in [5.41, 5.74) is 0. The zero-order valence-electron chi connectivity index (χ0n) is 10.8. The molecule has 0 N–H and O–H groups in total. The highest BCUT2D eigenvalue weighted by Crippen LogP contribution is 2.42. The van der Waals surface area contributed by atoms with Gasteiger partial charge < -0.3 is 9.64 Å². The Labute approximate surface area is 117 Å². The van der Waals surface area contributed by atoms with Gasteiger partial charge in [-0.05, 0) is 31.0 Å². The van der Waals surface area contributed by atoms with Gasteiger partial charge in [0.05, 0.1) is 6.04 Å². The lowest BCUT2D eigenvalue weighted by Crippen LogP contribution is -2.57. The molecule has 1 aliphatic rings. The Kier molecular flexibility index (Phi) is 5.09. The van der Waals surface area contributed by atoms with Crippen LogP contribution in [0.4, 0.5) is 0 Å². The lowest BCUT2D eigenvalue weighted by Gasteiger charge is -2.46. The molecule has 0 radical (unpaired) electrons. The topological polar surface area (TPSA) is 29.5 Å². The number of hydrogen-bond acceptors (Lipinski definition) is 4. The molecule has 2 atom stereocenters. The van der Waals surface area contributed by atoms with E-state index in [0.717, 1.165) is 26.2 Å². The molecule has 0 unspecified atom stereocenters. The first-order valence-corrected chi connectivity index (χ1v) is 8.40. The highest BCUT2D eigenvalue weighted by molar-refractivity contribution is 8.00. The minimum Gasteiger partial charge on any atom is -0.382 e. The fourth-order valence-electron chi connectivity index (χ4n) is 2.24. The molecule has 0 bridgehead atoms. The largest absolute Gasteiger partial charge is 0.382 e. The van der Waals surface area contributed by atoms with Crippen molar-refractivity contribution in [2.45, 2.75) is 24.6 Å². The Morgan fingerprint density at radius 3 is 3.00 bits per heavy atom. The van der Waals surface area contributed by atoms with E-state index in [0.29, 0.717) is 0 Å².